The highest BCUT2D eigenvalue weighted by Crippen LogP contribution is 2.34. The van der Waals surface area contributed by atoms with Crippen LogP contribution in [0.25, 0.3) is 0 Å². The van der Waals surface area contributed by atoms with Crippen LogP contribution in [0.4, 0.5) is 4.79 Å². The van der Waals surface area contributed by atoms with E-state index in [4.69, 9.17) is 14.7 Å². The van der Waals surface area contributed by atoms with Gasteiger partial charge in [-0.2, -0.15) is 5.26 Å². The lowest BCUT2D eigenvalue weighted by Gasteiger charge is -2.21. The zero-order valence-corrected chi connectivity index (χ0v) is 11.2. The van der Waals surface area contributed by atoms with Gasteiger partial charge in [0.1, 0.15) is 18.0 Å². The number of hydrogen-bond donors (Lipinski definition) is 1. The summed E-state index contributed by atoms with van der Waals surface area (Å²) in [6.45, 7) is 5.71. The molecule has 0 saturated carbocycles. The molecule has 5 heteroatoms. The first kappa shape index (κ1) is 13.2. The van der Waals surface area contributed by atoms with Gasteiger partial charge in [-0.3, -0.25) is 0 Å². The molecule has 0 spiro atoms. The van der Waals surface area contributed by atoms with Crippen LogP contribution in [0.1, 0.15) is 37.9 Å². The molecule has 2 rings (SSSR count). The Hall–Kier alpha value is -2.22. The molecule has 1 aromatic rings. The number of rotatable bonds is 1. The van der Waals surface area contributed by atoms with Gasteiger partial charge in [0.2, 0.25) is 0 Å². The van der Waals surface area contributed by atoms with Crippen molar-refractivity contribution in [2.24, 2.45) is 0 Å². The molecule has 1 amide bonds. The van der Waals surface area contributed by atoms with Gasteiger partial charge in [0.15, 0.2) is 0 Å². The largest absolute Gasteiger partial charge is 0.491 e. The first-order chi connectivity index (χ1) is 8.90. The fourth-order valence-corrected chi connectivity index (χ4v) is 1.95. The van der Waals surface area contributed by atoms with Gasteiger partial charge < -0.3 is 14.8 Å². The number of ether oxygens (including phenoxy) is 2. The average molecular weight is 260 g/mol. The Kier molecular flexibility index (Phi) is 3.34. The monoisotopic (exact) mass is 260 g/mol. The highest BCUT2D eigenvalue weighted by molar-refractivity contribution is 5.69. The molecule has 0 unspecified atom stereocenters. The van der Waals surface area contributed by atoms with Crippen LogP contribution in [0.5, 0.6) is 5.75 Å². The Balaban J connectivity index is 2.15. The van der Waals surface area contributed by atoms with Crippen molar-refractivity contribution in [3.8, 4) is 11.8 Å². The standard InChI is InChI=1S/C14H16N2O3/c1-14(2,3)19-13(17)16-10-8-18-11-6-4-5-9(7-15)12(10)11/h4-6,10H,8H2,1-3H3,(H,16,17)/t10-/m0/s1. The summed E-state index contributed by atoms with van der Waals surface area (Å²) in [6.07, 6.45) is -0.512. The molecular weight excluding hydrogens is 244 g/mol. The third-order valence-electron chi connectivity index (χ3n) is 2.63. The summed E-state index contributed by atoms with van der Waals surface area (Å²) in [5.74, 6) is 0.639. The lowest BCUT2D eigenvalue weighted by molar-refractivity contribution is 0.0497. The van der Waals surface area contributed by atoms with Gasteiger partial charge in [-0.1, -0.05) is 6.07 Å². The zero-order chi connectivity index (χ0) is 14.0. The summed E-state index contributed by atoms with van der Waals surface area (Å²) < 4.78 is 10.7. The minimum Gasteiger partial charge on any atom is -0.491 e. The van der Waals surface area contributed by atoms with Gasteiger partial charge in [-0.15, -0.1) is 0 Å². The van der Waals surface area contributed by atoms with Crippen molar-refractivity contribution in [1.82, 2.24) is 5.32 Å². The van der Waals surface area contributed by atoms with Crippen molar-refractivity contribution in [1.29, 1.82) is 5.26 Å². The fourth-order valence-electron chi connectivity index (χ4n) is 1.95. The number of alkyl carbamates (subject to hydrolysis) is 1. The average Bonchev–Trinajstić information content (AvgIpc) is 2.70. The molecule has 0 aromatic heterocycles. The number of amides is 1. The Morgan fingerprint density at radius 2 is 2.26 bits per heavy atom. The van der Waals surface area contributed by atoms with Crippen molar-refractivity contribution in [2.45, 2.75) is 32.4 Å². The van der Waals surface area contributed by atoms with E-state index in [0.717, 1.165) is 5.56 Å². The van der Waals surface area contributed by atoms with E-state index in [1.54, 1.807) is 39.0 Å². The summed E-state index contributed by atoms with van der Waals surface area (Å²) in [4.78, 5) is 11.8. The molecule has 100 valence electrons. The SMILES string of the molecule is CC(C)(C)OC(=O)N[C@H]1COc2cccc(C#N)c21. The molecule has 0 saturated heterocycles. The van der Waals surface area contributed by atoms with Crippen LogP contribution in [0, 0.1) is 11.3 Å². The third kappa shape index (κ3) is 2.97. The first-order valence-electron chi connectivity index (χ1n) is 6.06. The van der Waals surface area contributed by atoms with E-state index in [1.807, 2.05) is 0 Å². The summed E-state index contributed by atoms with van der Waals surface area (Å²) in [6, 6.07) is 7.01. The van der Waals surface area contributed by atoms with Crippen molar-refractivity contribution >= 4 is 6.09 Å². The van der Waals surface area contributed by atoms with Crippen molar-refractivity contribution in [3.63, 3.8) is 0 Å². The minimum atomic E-state index is -0.554. The normalized spacial score (nSPS) is 17.1. The molecule has 19 heavy (non-hydrogen) atoms. The Morgan fingerprint density at radius 1 is 1.53 bits per heavy atom. The summed E-state index contributed by atoms with van der Waals surface area (Å²) in [5, 5.41) is 11.8. The summed E-state index contributed by atoms with van der Waals surface area (Å²) in [5.41, 5.74) is 0.674. The lowest BCUT2D eigenvalue weighted by Crippen LogP contribution is -2.35. The maximum absolute atomic E-state index is 11.8. The third-order valence-corrected chi connectivity index (χ3v) is 2.63. The van der Waals surface area contributed by atoms with Gasteiger partial charge in [0.25, 0.3) is 0 Å². The molecule has 5 nitrogen and oxygen atoms in total. The number of nitrogens with zero attached hydrogens (tertiary/aromatic N) is 1. The number of carbonyl (C=O) groups excluding carboxylic acids is 1. The lowest BCUT2D eigenvalue weighted by atomic mass is 10.0. The van der Waals surface area contributed by atoms with E-state index >= 15 is 0 Å². The molecule has 1 aromatic carbocycles. The highest BCUT2D eigenvalue weighted by Gasteiger charge is 2.29. The van der Waals surface area contributed by atoms with Crippen LogP contribution in [0.15, 0.2) is 18.2 Å². The predicted octanol–water partition coefficient (Wildman–Crippen LogP) is 2.52. The van der Waals surface area contributed by atoms with Gasteiger partial charge >= 0.3 is 6.09 Å². The van der Waals surface area contributed by atoms with Crippen molar-refractivity contribution in [2.75, 3.05) is 6.61 Å². The van der Waals surface area contributed by atoms with E-state index in [0.29, 0.717) is 17.9 Å². The Labute approximate surface area is 112 Å². The molecule has 0 aliphatic carbocycles. The van der Waals surface area contributed by atoms with Gasteiger partial charge in [-0.25, -0.2) is 4.79 Å². The molecule has 1 atom stereocenters. The van der Waals surface area contributed by atoms with Gasteiger partial charge in [0, 0.05) is 5.56 Å². The first-order valence-corrected chi connectivity index (χ1v) is 6.06. The van der Waals surface area contributed by atoms with Gasteiger partial charge in [0.05, 0.1) is 17.7 Å². The molecule has 0 bridgehead atoms. The molecular formula is C14H16N2O3. The van der Waals surface area contributed by atoms with Crippen molar-refractivity contribution < 1.29 is 14.3 Å². The molecule has 1 aliphatic heterocycles. The van der Waals surface area contributed by atoms with E-state index in [-0.39, 0.29) is 6.04 Å². The second kappa shape index (κ2) is 4.81. The van der Waals surface area contributed by atoms with E-state index < -0.39 is 11.7 Å². The number of nitriles is 1. The number of nitrogens with one attached hydrogen (secondary N) is 1. The van der Waals surface area contributed by atoms with Crippen LogP contribution in [0.2, 0.25) is 0 Å². The predicted molar refractivity (Wildman–Crippen MR) is 68.8 cm³/mol. The number of carbonyl (C=O) groups is 1. The van der Waals surface area contributed by atoms with E-state index in [9.17, 15) is 4.79 Å². The Bertz CT molecular complexity index is 541. The smallest absolute Gasteiger partial charge is 0.408 e. The zero-order valence-electron chi connectivity index (χ0n) is 11.2. The van der Waals surface area contributed by atoms with Crippen LogP contribution in [-0.4, -0.2) is 18.3 Å². The maximum Gasteiger partial charge on any atom is 0.408 e. The molecule has 1 aliphatic rings. The van der Waals surface area contributed by atoms with Crippen LogP contribution >= 0.6 is 0 Å². The second-order valence-corrected chi connectivity index (χ2v) is 5.34. The maximum atomic E-state index is 11.8. The van der Waals surface area contributed by atoms with Crippen molar-refractivity contribution in [3.05, 3.63) is 29.3 Å². The highest BCUT2D eigenvalue weighted by atomic mass is 16.6. The molecule has 0 fully saturated rings. The molecule has 1 heterocycles. The van der Waals surface area contributed by atoms with Crippen LogP contribution < -0.4 is 10.1 Å². The van der Waals surface area contributed by atoms with Crippen LogP contribution in [-0.2, 0) is 4.74 Å². The summed E-state index contributed by atoms with van der Waals surface area (Å²) in [7, 11) is 0. The molecule has 0 radical (unpaired) electrons. The number of hydrogen-bond acceptors (Lipinski definition) is 4. The topological polar surface area (TPSA) is 71.3 Å². The quantitative estimate of drug-likeness (QED) is 0.842. The van der Waals surface area contributed by atoms with E-state index in [1.165, 1.54) is 0 Å². The fraction of sp³-hybridized carbons (Fsp3) is 0.429. The van der Waals surface area contributed by atoms with Crippen LogP contribution in [0.3, 0.4) is 0 Å². The Morgan fingerprint density at radius 3 is 2.89 bits per heavy atom. The number of fused-ring (bicyclic) bond motifs is 1. The number of benzene rings is 1. The molecule has 1 N–H and O–H groups in total. The minimum absolute atomic E-state index is 0.313. The second-order valence-electron chi connectivity index (χ2n) is 5.34. The van der Waals surface area contributed by atoms with E-state index in [2.05, 4.69) is 11.4 Å². The van der Waals surface area contributed by atoms with Gasteiger partial charge in [-0.05, 0) is 32.9 Å². The summed E-state index contributed by atoms with van der Waals surface area (Å²) >= 11 is 0.